The van der Waals surface area contributed by atoms with Gasteiger partial charge in [0.25, 0.3) is 11.8 Å². The van der Waals surface area contributed by atoms with Gasteiger partial charge in [-0.05, 0) is 97.8 Å². The Kier molecular flexibility index (Phi) is 14.6. The number of benzene rings is 5. The van der Waals surface area contributed by atoms with Crippen molar-refractivity contribution in [1.82, 2.24) is 10.6 Å². The highest BCUT2D eigenvalue weighted by molar-refractivity contribution is 6.15. The number of carbonyl (C=O) groups is 6. The van der Waals surface area contributed by atoms with Gasteiger partial charge in [0.15, 0.2) is 23.0 Å². The van der Waals surface area contributed by atoms with Gasteiger partial charge in [-0.1, -0.05) is 36.4 Å². The van der Waals surface area contributed by atoms with Gasteiger partial charge < -0.3 is 49.9 Å². The fourth-order valence-corrected chi connectivity index (χ4v) is 9.62. The number of anilines is 4. The van der Waals surface area contributed by atoms with Gasteiger partial charge in [-0.3, -0.25) is 38.7 Å². The Morgan fingerprint density at radius 2 is 1.29 bits per heavy atom. The number of hydrogen-bond acceptors (Lipinski definition) is 13. The molecule has 0 aliphatic carbocycles. The second-order valence-electron chi connectivity index (χ2n) is 18.4. The molecule has 18 heteroatoms. The van der Waals surface area contributed by atoms with Crippen molar-refractivity contribution < 1.29 is 52.5 Å². The van der Waals surface area contributed by atoms with Crippen LogP contribution < -0.4 is 50.0 Å². The predicted molar refractivity (Wildman–Crippen MR) is 274 cm³/mol. The van der Waals surface area contributed by atoms with Gasteiger partial charge >= 0.3 is 5.97 Å². The SMILES string of the molecule is COC(=O)CCCCC(=O)NC(C)C(=O)NC(C)C(=O)Nc1cc(COc2cc3c(cc2OC)C(=O)N2c4ccccc4C[C@H]2C=N3)cc(COc2cc3c(cc2OC)C(=O)N2c4ccccc4CC2CN3)c1. The molecule has 4 atom stereocenters. The maximum atomic E-state index is 14.1. The molecule has 5 aromatic rings. The van der Waals surface area contributed by atoms with Crippen LogP contribution in [0.1, 0.15) is 82.5 Å². The van der Waals surface area contributed by atoms with E-state index in [1.165, 1.54) is 35.2 Å². The molecule has 0 bridgehead atoms. The van der Waals surface area contributed by atoms with Crippen molar-refractivity contribution in [2.24, 2.45) is 4.99 Å². The highest BCUT2D eigenvalue weighted by atomic mass is 16.5. The lowest BCUT2D eigenvalue weighted by Crippen LogP contribution is -2.50. The van der Waals surface area contributed by atoms with Crippen LogP contribution in [-0.4, -0.2) is 93.8 Å². The van der Waals surface area contributed by atoms with Crippen molar-refractivity contribution in [3.05, 3.63) is 124 Å². The largest absolute Gasteiger partial charge is 0.493 e. The number of amides is 5. The summed E-state index contributed by atoms with van der Waals surface area (Å²) in [6.45, 7) is 3.55. The summed E-state index contributed by atoms with van der Waals surface area (Å²) in [5.41, 5.74) is 7.39. The lowest BCUT2D eigenvalue weighted by atomic mass is 10.1. The summed E-state index contributed by atoms with van der Waals surface area (Å²) in [6, 6.07) is 25.5. The third-order valence-corrected chi connectivity index (χ3v) is 13.4. The molecule has 0 fully saturated rings. The molecule has 4 aliphatic heterocycles. The molecule has 0 aromatic heterocycles. The van der Waals surface area contributed by atoms with Crippen LogP contribution in [0, 0.1) is 0 Å². The standard InChI is InChI=1S/C55H57N7O11/c1-31(58-50(63)16-10-11-17-51(64)71-5)52(65)59-32(2)53(66)60-37-19-33(29-72-48-25-42-40(23-46(48)69-3)54(67)61-38(27-56-42)21-35-12-6-8-14-44(35)61)18-34(20-37)30-73-49-26-43-41(24-47(49)70-4)55(68)62-39(28-57-43)22-36-13-7-9-15-45(36)62/h6-9,12-15,18-20,23-27,31-32,38-39,57H,10-11,16-17,21-22,28-30H2,1-5H3,(H,58,63)(H,59,65)(H,60,66)/t31?,32?,38-,39?/m0/s1. The highest BCUT2D eigenvalue weighted by Gasteiger charge is 2.39. The Morgan fingerprint density at radius 1 is 0.685 bits per heavy atom. The number of rotatable bonds is 18. The first-order valence-electron chi connectivity index (χ1n) is 24.2. The molecule has 0 saturated carbocycles. The van der Waals surface area contributed by atoms with E-state index < -0.39 is 23.9 Å². The van der Waals surface area contributed by atoms with Crippen LogP contribution in [-0.2, 0) is 50.0 Å². The number of fused-ring (bicyclic) bond motifs is 8. The molecule has 5 amide bonds. The first-order valence-corrected chi connectivity index (χ1v) is 24.2. The van der Waals surface area contributed by atoms with E-state index in [4.69, 9.17) is 23.9 Å². The number of carbonyl (C=O) groups excluding carboxylic acids is 6. The van der Waals surface area contributed by atoms with Gasteiger partial charge in [0.05, 0.1) is 55.9 Å². The van der Waals surface area contributed by atoms with Crippen molar-refractivity contribution >= 4 is 70.2 Å². The summed E-state index contributed by atoms with van der Waals surface area (Å²) in [5, 5.41) is 11.7. The zero-order chi connectivity index (χ0) is 51.3. The summed E-state index contributed by atoms with van der Waals surface area (Å²) < 4.78 is 29.0. The number of esters is 1. The molecular formula is C55H57N7O11. The van der Waals surface area contributed by atoms with E-state index in [1.54, 1.807) is 47.5 Å². The zero-order valence-electron chi connectivity index (χ0n) is 41.2. The summed E-state index contributed by atoms with van der Waals surface area (Å²) in [7, 11) is 4.30. The molecular weight excluding hydrogens is 935 g/mol. The van der Waals surface area contributed by atoms with Gasteiger partial charge in [0.2, 0.25) is 17.7 Å². The molecule has 4 heterocycles. The molecule has 0 radical (unpaired) electrons. The lowest BCUT2D eigenvalue weighted by Gasteiger charge is -2.22. The van der Waals surface area contributed by atoms with Crippen molar-refractivity contribution in [1.29, 1.82) is 0 Å². The lowest BCUT2D eigenvalue weighted by molar-refractivity contribution is -0.140. The van der Waals surface area contributed by atoms with E-state index in [9.17, 15) is 28.8 Å². The Bertz CT molecular complexity index is 3030. The molecule has 4 N–H and O–H groups in total. The second-order valence-corrected chi connectivity index (χ2v) is 18.4. The van der Waals surface area contributed by atoms with Crippen molar-refractivity contribution in [3.8, 4) is 23.0 Å². The Labute approximate surface area is 422 Å². The third-order valence-electron chi connectivity index (χ3n) is 13.4. The Hall–Kier alpha value is -8.41. The number of methoxy groups -OCH3 is 3. The molecule has 73 heavy (non-hydrogen) atoms. The summed E-state index contributed by atoms with van der Waals surface area (Å²) in [4.78, 5) is 87.3. The predicted octanol–water partition coefficient (Wildman–Crippen LogP) is 6.83. The number of nitrogens with zero attached hydrogens (tertiary/aromatic N) is 3. The molecule has 3 unspecified atom stereocenters. The minimum atomic E-state index is -1.02. The smallest absolute Gasteiger partial charge is 0.305 e. The summed E-state index contributed by atoms with van der Waals surface area (Å²) in [6.07, 6.45) is 4.36. The van der Waals surface area contributed by atoms with E-state index in [1.807, 2.05) is 59.5 Å². The van der Waals surface area contributed by atoms with Crippen LogP contribution in [0.15, 0.2) is 96.0 Å². The van der Waals surface area contributed by atoms with E-state index in [0.717, 1.165) is 28.9 Å². The minimum absolute atomic E-state index is 0.00604. The van der Waals surface area contributed by atoms with Crippen LogP contribution in [0.2, 0.25) is 0 Å². The normalized spacial score (nSPS) is 16.6. The van der Waals surface area contributed by atoms with E-state index >= 15 is 0 Å². The van der Waals surface area contributed by atoms with Crippen molar-refractivity contribution in [2.75, 3.05) is 48.3 Å². The van der Waals surface area contributed by atoms with Gasteiger partial charge in [-0.15, -0.1) is 0 Å². The summed E-state index contributed by atoms with van der Waals surface area (Å²) >= 11 is 0. The van der Waals surface area contributed by atoms with Gasteiger partial charge in [-0.25, -0.2) is 0 Å². The molecule has 0 saturated heterocycles. The molecule has 5 aromatic carbocycles. The average molecular weight is 992 g/mol. The second kappa shape index (κ2) is 21.5. The number of hydrogen-bond donors (Lipinski definition) is 4. The number of para-hydroxylation sites is 2. The zero-order valence-corrected chi connectivity index (χ0v) is 41.2. The number of nitrogens with one attached hydrogen (secondary N) is 4. The third kappa shape index (κ3) is 10.6. The van der Waals surface area contributed by atoms with E-state index in [-0.39, 0.29) is 61.8 Å². The number of unbranched alkanes of at least 4 members (excludes halogenated alkanes) is 1. The van der Waals surface area contributed by atoms with Crippen LogP contribution in [0.4, 0.5) is 28.4 Å². The van der Waals surface area contributed by atoms with Crippen LogP contribution in [0.25, 0.3) is 0 Å². The fourth-order valence-electron chi connectivity index (χ4n) is 9.62. The van der Waals surface area contributed by atoms with E-state index in [2.05, 4.69) is 26.0 Å². The van der Waals surface area contributed by atoms with Gasteiger partial charge in [-0.2, -0.15) is 0 Å². The highest BCUT2D eigenvalue weighted by Crippen LogP contribution is 2.43. The van der Waals surface area contributed by atoms with Crippen LogP contribution in [0.3, 0.4) is 0 Å². The molecule has 4 aliphatic rings. The maximum Gasteiger partial charge on any atom is 0.305 e. The minimum Gasteiger partial charge on any atom is -0.493 e. The molecule has 18 nitrogen and oxygen atoms in total. The molecule has 378 valence electrons. The van der Waals surface area contributed by atoms with Gasteiger partial charge in [0.1, 0.15) is 25.3 Å². The first-order chi connectivity index (χ1) is 35.3. The average Bonchev–Trinajstić information content (AvgIpc) is 3.89. The number of ether oxygens (including phenoxy) is 5. The monoisotopic (exact) mass is 991 g/mol. The fraction of sp³-hybridized carbons (Fsp3) is 0.327. The summed E-state index contributed by atoms with van der Waals surface area (Å²) in [5.74, 6) is -0.790. The first kappa shape index (κ1) is 49.6. The maximum absolute atomic E-state index is 14.1. The van der Waals surface area contributed by atoms with Crippen LogP contribution >= 0.6 is 0 Å². The van der Waals surface area contributed by atoms with E-state index in [0.29, 0.717) is 88.1 Å². The van der Waals surface area contributed by atoms with Gasteiger partial charge in [0, 0.05) is 61.2 Å². The van der Waals surface area contributed by atoms with Crippen molar-refractivity contribution in [2.45, 2.75) is 89.8 Å². The molecule has 9 rings (SSSR count). The Morgan fingerprint density at radius 3 is 1.97 bits per heavy atom. The number of aliphatic imine (C=N–C) groups is 1. The topological polar surface area (TPSA) is 216 Å². The quantitative estimate of drug-likeness (QED) is 0.0525. The van der Waals surface area contributed by atoms with Crippen LogP contribution in [0.5, 0.6) is 23.0 Å². The molecule has 0 spiro atoms. The Balaban J connectivity index is 0.931. The van der Waals surface area contributed by atoms with Crippen molar-refractivity contribution in [3.63, 3.8) is 0 Å².